The van der Waals surface area contributed by atoms with Crippen LogP contribution in [0.5, 0.6) is 0 Å². The van der Waals surface area contributed by atoms with E-state index in [0.717, 1.165) is 10.0 Å². The van der Waals surface area contributed by atoms with Crippen molar-refractivity contribution in [3.05, 3.63) is 71.8 Å². The van der Waals surface area contributed by atoms with Gasteiger partial charge in [-0.3, -0.25) is 38.8 Å². The fourth-order valence-electron chi connectivity index (χ4n) is 9.09. The molecular weight excluding hydrogens is 713 g/mol. The molecule has 0 aliphatic carbocycles. The maximum absolute atomic E-state index is 13.5. The zero-order valence-electron chi connectivity index (χ0n) is 34.4. The number of benzene rings is 2. The summed E-state index contributed by atoms with van der Waals surface area (Å²) in [4.78, 5) is 82.4. The van der Waals surface area contributed by atoms with Crippen molar-refractivity contribution >= 4 is 35.4 Å². The third kappa shape index (κ3) is 10.1. The Balaban J connectivity index is 1.15. The number of hydrogen-bond donors (Lipinski definition) is 4. The molecule has 2 aliphatic heterocycles. The Bertz CT molecular complexity index is 1580. The molecule has 2 aliphatic rings. The van der Waals surface area contributed by atoms with E-state index in [1.165, 1.54) is 0 Å². The smallest absolute Gasteiger partial charge is 0.326 e. The van der Waals surface area contributed by atoms with Gasteiger partial charge < -0.3 is 20.4 Å². The Labute approximate surface area is 331 Å². The first-order chi connectivity index (χ1) is 26.1. The van der Waals surface area contributed by atoms with Crippen LogP contribution < -0.4 is 22.3 Å². The van der Waals surface area contributed by atoms with Gasteiger partial charge in [-0.25, -0.2) is 11.7 Å². The maximum atomic E-state index is 13.5. The lowest BCUT2D eigenvalue weighted by atomic mass is 9.76. The van der Waals surface area contributed by atoms with Crippen LogP contribution in [0.25, 0.3) is 0 Å². The van der Waals surface area contributed by atoms with E-state index in [4.69, 9.17) is 11.7 Å². The Morgan fingerprint density at radius 2 is 0.821 bits per heavy atom. The van der Waals surface area contributed by atoms with Gasteiger partial charge in [0.1, 0.15) is 0 Å². The summed E-state index contributed by atoms with van der Waals surface area (Å²) in [7, 11) is 0. The minimum atomic E-state index is -0.830. The average molecular weight is 775 g/mol. The van der Waals surface area contributed by atoms with Gasteiger partial charge in [0.25, 0.3) is 11.8 Å². The monoisotopic (exact) mass is 774 g/mol. The van der Waals surface area contributed by atoms with Crippen molar-refractivity contribution in [3.8, 4) is 0 Å². The number of rotatable bonds is 11. The zero-order valence-corrected chi connectivity index (χ0v) is 34.4. The molecule has 0 saturated carbocycles. The van der Waals surface area contributed by atoms with Gasteiger partial charge in [-0.15, -0.1) is 0 Å². The van der Waals surface area contributed by atoms with Gasteiger partial charge in [0.15, 0.2) is 0 Å². The molecule has 0 aromatic heterocycles. The number of likely N-dealkylation sites (tertiary alicyclic amines) is 2. The molecule has 6 amide bonds. The van der Waals surface area contributed by atoms with Crippen LogP contribution >= 0.6 is 0 Å². The number of nitrogens with two attached hydrogens (primary N) is 2. The van der Waals surface area contributed by atoms with Crippen LogP contribution in [-0.4, -0.2) is 103 Å². The number of hydrogen-bond acceptors (Lipinski definition) is 8. The van der Waals surface area contributed by atoms with Crippen LogP contribution in [0.15, 0.2) is 60.7 Å². The number of unbranched alkanes of at least 4 members (excludes halogenated alkanes) is 3. The van der Waals surface area contributed by atoms with Gasteiger partial charge in [0, 0.05) is 46.4 Å². The average Bonchev–Trinajstić information content (AvgIpc) is 3.12. The second-order valence-electron chi connectivity index (χ2n) is 17.7. The Hall–Kier alpha value is -4.82. The topological polar surface area (TPSA) is 191 Å². The standard InChI is InChI=1S/C42H62N8O6/c1-39(2)25-31(26-40(3,4)49(39)35(53)29-19-13-11-14-20-29)47(43)37(55)33(51)45-23-17-9-10-18-24-46-34(52)38(56)48(44)32-27-41(5,6)50(42(7,8)28-32)36(54)30-21-15-12-16-22-30/h11-16,19-22,31-32H,9-10,17-18,23-28,43-44H2,1-8H3,(H,45,51)(H,46,52). The summed E-state index contributed by atoms with van der Waals surface area (Å²) in [5.74, 6) is 9.08. The van der Waals surface area contributed by atoms with Crippen LogP contribution in [0.2, 0.25) is 0 Å². The van der Waals surface area contributed by atoms with Gasteiger partial charge >= 0.3 is 23.6 Å². The predicted octanol–water partition coefficient (Wildman–Crippen LogP) is 3.91. The third-order valence-electron chi connectivity index (χ3n) is 11.1. The first-order valence-electron chi connectivity index (χ1n) is 19.6. The van der Waals surface area contributed by atoms with E-state index in [2.05, 4.69) is 10.6 Å². The van der Waals surface area contributed by atoms with E-state index in [1.807, 2.05) is 102 Å². The molecule has 2 heterocycles. The van der Waals surface area contributed by atoms with E-state index < -0.39 is 57.9 Å². The highest BCUT2D eigenvalue weighted by Gasteiger charge is 2.51. The van der Waals surface area contributed by atoms with Crippen LogP contribution in [0.3, 0.4) is 0 Å². The normalized spacial score (nSPS) is 18.8. The molecule has 14 heteroatoms. The van der Waals surface area contributed by atoms with E-state index in [1.54, 1.807) is 24.3 Å². The van der Waals surface area contributed by atoms with Crippen LogP contribution in [0, 0.1) is 0 Å². The van der Waals surface area contributed by atoms with E-state index in [9.17, 15) is 28.8 Å². The van der Waals surface area contributed by atoms with Gasteiger partial charge in [0.2, 0.25) is 0 Å². The molecule has 4 rings (SSSR count). The third-order valence-corrected chi connectivity index (χ3v) is 11.1. The van der Waals surface area contributed by atoms with Gasteiger partial charge in [-0.05, 0) is 118 Å². The molecule has 14 nitrogen and oxygen atoms in total. The fraction of sp³-hybridized carbons (Fsp3) is 0.571. The summed E-state index contributed by atoms with van der Waals surface area (Å²) in [6.45, 7) is 16.1. The van der Waals surface area contributed by atoms with Crippen molar-refractivity contribution in [2.75, 3.05) is 13.1 Å². The molecule has 2 aromatic carbocycles. The second-order valence-corrected chi connectivity index (χ2v) is 17.7. The molecule has 2 fully saturated rings. The summed E-state index contributed by atoms with van der Waals surface area (Å²) in [6, 6.07) is 17.3. The Morgan fingerprint density at radius 1 is 0.536 bits per heavy atom. The summed E-state index contributed by atoms with van der Waals surface area (Å²) in [6.07, 6.45) is 4.26. The van der Waals surface area contributed by atoms with Crippen molar-refractivity contribution in [1.29, 1.82) is 0 Å². The highest BCUT2D eigenvalue weighted by atomic mass is 16.2. The molecule has 306 valence electrons. The summed E-state index contributed by atoms with van der Waals surface area (Å²) >= 11 is 0. The second kappa shape index (κ2) is 17.5. The number of amides is 6. The molecule has 56 heavy (non-hydrogen) atoms. The van der Waals surface area contributed by atoms with Gasteiger partial charge in [-0.2, -0.15) is 0 Å². The minimum absolute atomic E-state index is 0.0972. The highest BCUT2D eigenvalue weighted by Crippen LogP contribution is 2.42. The molecule has 0 unspecified atom stereocenters. The van der Waals surface area contributed by atoms with Crippen molar-refractivity contribution in [2.24, 2.45) is 11.7 Å². The first-order valence-corrected chi connectivity index (χ1v) is 19.6. The fourth-order valence-corrected chi connectivity index (χ4v) is 9.09. The molecule has 6 N–H and O–H groups in total. The molecular formula is C42H62N8O6. The van der Waals surface area contributed by atoms with Crippen molar-refractivity contribution in [1.82, 2.24) is 30.5 Å². The Kier molecular flexibility index (Phi) is 13.8. The molecule has 0 atom stereocenters. The van der Waals surface area contributed by atoms with Crippen molar-refractivity contribution in [2.45, 2.75) is 141 Å². The lowest BCUT2D eigenvalue weighted by Crippen LogP contribution is -2.67. The van der Waals surface area contributed by atoms with Crippen LogP contribution in [0.4, 0.5) is 0 Å². The van der Waals surface area contributed by atoms with E-state index in [0.29, 0.717) is 62.5 Å². The largest absolute Gasteiger partial charge is 0.348 e. The highest BCUT2D eigenvalue weighted by molar-refractivity contribution is 6.35. The number of nitrogens with one attached hydrogen (secondary N) is 2. The quantitative estimate of drug-likeness (QED) is 0.0869. The number of piperidine rings is 2. The summed E-state index contributed by atoms with van der Waals surface area (Å²) in [5.41, 5.74) is -1.38. The lowest BCUT2D eigenvalue weighted by molar-refractivity contribution is -0.150. The molecule has 0 spiro atoms. The summed E-state index contributed by atoms with van der Waals surface area (Å²) < 4.78 is 0. The summed E-state index contributed by atoms with van der Waals surface area (Å²) in [5, 5.41) is 7.33. The number of carbonyl (C=O) groups is 6. The molecule has 2 aromatic rings. The van der Waals surface area contributed by atoms with Crippen molar-refractivity contribution in [3.63, 3.8) is 0 Å². The molecule has 0 bridgehead atoms. The molecule has 2 saturated heterocycles. The van der Waals surface area contributed by atoms with E-state index >= 15 is 0 Å². The van der Waals surface area contributed by atoms with Crippen LogP contribution in [-0.2, 0) is 19.2 Å². The SMILES string of the molecule is CC1(C)CC(N(N)C(=O)C(=O)NCCCCCCNC(=O)C(=O)N(N)C2CC(C)(C)N(C(=O)c3ccccc3)C(C)(C)C2)CC(C)(C)N1C(=O)c1ccccc1. The lowest BCUT2D eigenvalue weighted by Gasteiger charge is -2.56. The molecule has 0 radical (unpaired) electrons. The van der Waals surface area contributed by atoms with Gasteiger partial charge in [-0.1, -0.05) is 49.2 Å². The maximum Gasteiger partial charge on any atom is 0.326 e. The predicted molar refractivity (Wildman–Crippen MR) is 214 cm³/mol. The minimum Gasteiger partial charge on any atom is -0.348 e. The Morgan fingerprint density at radius 3 is 1.11 bits per heavy atom. The van der Waals surface area contributed by atoms with Crippen molar-refractivity contribution < 1.29 is 28.8 Å². The van der Waals surface area contributed by atoms with E-state index in [-0.39, 0.29) is 24.9 Å². The number of carbonyl (C=O) groups excluding carboxylic acids is 6. The first kappa shape index (κ1) is 43.9. The van der Waals surface area contributed by atoms with Crippen LogP contribution in [0.1, 0.15) is 127 Å². The van der Waals surface area contributed by atoms with Gasteiger partial charge in [0.05, 0.1) is 12.1 Å². The number of hydrazine groups is 2. The zero-order chi connectivity index (χ0) is 41.6. The number of nitrogens with zero attached hydrogens (tertiary/aromatic N) is 4.